The molecule has 20 heavy (non-hydrogen) atoms. The molecule has 1 heterocycles. The van der Waals surface area contributed by atoms with Gasteiger partial charge in [0.05, 0.1) is 0 Å². The van der Waals surface area contributed by atoms with Crippen molar-refractivity contribution < 1.29 is 9.79 Å². The Kier molecular flexibility index (Phi) is 5.47. The number of nitrogens with one attached hydrogen (secondary N) is 1. The third kappa shape index (κ3) is 4.00. The van der Waals surface area contributed by atoms with Crippen LogP contribution in [0.5, 0.6) is 0 Å². The monoisotopic (exact) mass is 292 g/mol. The van der Waals surface area contributed by atoms with Gasteiger partial charge in [-0.2, -0.15) is 4.90 Å². The zero-order valence-electron chi connectivity index (χ0n) is 11.9. The summed E-state index contributed by atoms with van der Waals surface area (Å²) in [6.45, 7) is 2.89. The van der Waals surface area contributed by atoms with E-state index in [4.69, 9.17) is 5.73 Å². The molecule has 4 nitrogen and oxygen atoms in total. The lowest BCUT2D eigenvalue weighted by molar-refractivity contribution is -0.355. The minimum absolute atomic E-state index is 0.395. The first-order chi connectivity index (χ1) is 9.70. The summed E-state index contributed by atoms with van der Waals surface area (Å²) in [4.78, 5) is 16.1. The number of rotatable bonds is 5. The van der Waals surface area contributed by atoms with E-state index in [0.717, 1.165) is 23.0 Å². The van der Waals surface area contributed by atoms with Crippen LogP contribution in [-0.2, 0) is 6.42 Å². The van der Waals surface area contributed by atoms with Gasteiger partial charge >= 0.3 is 11.2 Å². The number of carbonyl (C=O) groups is 1. The molecule has 0 atom stereocenters. The number of aryl methyl sites for hydroxylation is 1. The first-order valence-electron chi connectivity index (χ1n) is 7.13. The van der Waals surface area contributed by atoms with Gasteiger partial charge in [0.25, 0.3) is 0 Å². The Bertz CT molecular complexity index is 484. The van der Waals surface area contributed by atoms with Gasteiger partial charge in [-0.1, -0.05) is 31.9 Å². The summed E-state index contributed by atoms with van der Waals surface area (Å²) in [6.07, 6.45) is 4.90. The van der Waals surface area contributed by atoms with E-state index in [2.05, 4.69) is 36.2 Å². The number of nitrogens with zero attached hydrogens (tertiary/aromatic N) is 1. The summed E-state index contributed by atoms with van der Waals surface area (Å²) in [7, 11) is 0. The number of unbranched alkanes of at least 4 members (excludes halogenated alkanes) is 2. The van der Waals surface area contributed by atoms with E-state index in [-0.39, 0.29) is 0 Å². The highest BCUT2D eigenvalue weighted by Crippen LogP contribution is 2.14. The van der Waals surface area contributed by atoms with Crippen molar-refractivity contribution >= 4 is 28.6 Å². The average Bonchev–Trinajstić information content (AvgIpc) is 2.89. The molecule has 1 aliphatic heterocycles. The molecule has 0 radical (unpaired) electrons. The highest BCUT2D eigenvalue weighted by Gasteiger charge is 2.31. The number of hydrogen-bond donors (Lipinski definition) is 2. The van der Waals surface area contributed by atoms with Crippen molar-refractivity contribution in [3.8, 4) is 0 Å². The molecular formula is C15H22N3OS+. The van der Waals surface area contributed by atoms with Crippen LogP contribution < -0.4 is 10.7 Å². The van der Waals surface area contributed by atoms with Crippen LogP contribution in [-0.4, -0.2) is 28.4 Å². The predicted molar refractivity (Wildman–Crippen MR) is 84.0 cm³/mol. The average molecular weight is 292 g/mol. The third-order valence-electron chi connectivity index (χ3n) is 3.34. The number of urea groups is 1. The Morgan fingerprint density at radius 2 is 2.10 bits per heavy atom. The summed E-state index contributed by atoms with van der Waals surface area (Å²) in [5.41, 5.74) is 7.71. The zero-order chi connectivity index (χ0) is 14.4. The molecule has 2 amide bonds. The van der Waals surface area contributed by atoms with E-state index in [1.165, 1.54) is 24.8 Å². The van der Waals surface area contributed by atoms with E-state index in [1.807, 2.05) is 0 Å². The molecule has 0 saturated carbocycles. The smallest absolute Gasteiger partial charge is 0.331 e. The molecule has 0 aromatic heterocycles. The fourth-order valence-corrected chi connectivity index (χ4v) is 3.18. The van der Waals surface area contributed by atoms with Crippen LogP contribution in [0.25, 0.3) is 0 Å². The van der Waals surface area contributed by atoms with Gasteiger partial charge in [-0.15, -0.1) is 0 Å². The molecule has 1 aromatic rings. The molecule has 1 aromatic carbocycles. The summed E-state index contributed by atoms with van der Waals surface area (Å²) >= 11 is 1.63. The van der Waals surface area contributed by atoms with Gasteiger partial charge in [0.15, 0.2) is 0 Å². The quantitative estimate of drug-likeness (QED) is 0.810. The molecule has 5 heteroatoms. The summed E-state index contributed by atoms with van der Waals surface area (Å²) in [5.74, 6) is 0.889. The van der Waals surface area contributed by atoms with Gasteiger partial charge < -0.3 is 5.73 Å². The van der Waals surface area contributed by atoms with E-state index in [1.54, 1.807) is 16.7 Å². The van der Waals surface area contributed by atoms with Crippen molar-refractivity contribution in [2.24, 2.45) is 5.73 Å². The maximum Gasteiger partial charge on any atom is 0.406 e. The number of amidine groups is 1. The van der Waals surface area contributed by atoms with Crippen molar-refractivity contribution in [3.05, 3.63) is 29.8 Å². The van der Waals surface area contributed by atoms with Crippen molar-refractivity contribution in [3.63, 3.8) is 0 Å². The number of carbonyl (C=O) groups excluding carboxylic acids is 1. The van der Waals surface area contributed by atoms with Gasteiger partial charge in [0, 0.05) is 5.75 Å². The predicted octanol–water partition coefficient (Wildman–Crippen LogP) is 1.61. The Balaban J connectivity index is 2.01. The minimum Gasteiger partial charge on any atom is -0.331 e. The maximum atomic E-state index is 11.3. The second kappa shape index (κ2) is 7.33. The van der Waals surface area contributed by atoms with Crippen LogP contribution >= 0.6 is 11.8 Å². The zero-order valence-corrected chi connectivity index (χ0v) is 12.7. The molecule has 1 fully saturated rings. The first-order valence-corrected chi connectivity index (χ1v) is 8.12. The number of hydrogen-bond acceptors (Lipinski definition) is 2. The van der Waals surface area contributed by atoms with E-state index in [9.17, 15) is 4.79 Å². The largest absolute Gasteiger partial charge is 0.406 e. The molecule has 0 bridgehead atoms. The minimum atomic E-state index is -0.395. The standard InChI is InChI=1S/C15H21N3OS/c1-2-3-4-5-12-6-8-13(9-7-12)17-15-18(14(16)19)10-11-20-15/h6-9H,2-5,10-11H2,1H3,(H2,16,19)/p+1. The Morgan fingerprint density at radius 3 is 2.75 bits per heavy atom. The Morgan fingerprint density at radius 1 is 1.35 bits per heavy atom. The summed E-state index contributed by atoms with van der Waals surface area (Å²) in [6, 6.07) is 8.02. The van der Waals surface area contributed by atoms with E-state index >= 15 is 0 Å². The topological polar surface area (TPSA) is 60.3 Å². The van der Waals surface area contributed by atoms with Gasteiger partial charge in [0.2, 0.25) is 0 Å². The molecule has 3 N–H and O–H groups in total. The third-order valence-corrected chi connectivity index (χ3v) is 4.32. The SMILES string of the molecule is CCCCCc1ccc([NH+]=C2SCCN2C(N)=O)cc1. The molecule has 2 rings (SSSR count). The van der Waals surface area contributed by atoms with Gasteiger partial charge in [-0.05, 0) is 42.3 Å². The second-order valence-electron chi connectivity index (χ2n) is 4.92. The lowest BCUT2D eigenvalue weighted by Gasteiger charge is -2.04. The summed E-state index contributed by atoms with van der Waals surface area (Å²) < 4.78 is 0. The fourth-order valence-electron chi connectivity index (χ4n) is 2.18. The highest BCUT2D eigenvalue weighted by molar-refractivity contribution is 8.13. The molecule has 1 aliphatic rings. The van der Waals surface area contributed by atoms with Gasteiger partial charge in [0.1, 0.15) is 12.2 Å². The van der Waals surface area contributed by atoms with Crippen molar-refractivity contribution in [2.75, 3.05) is 12.3 Å². The van der Waals surface area contributed by atoms with Gasteiger partial charge in [-0.3, -0.25) is 0 Å². The number of benzene rings is 1. The van der Waals surface area contributed by atoms with Crippen molar-refractivity contribution in [2.45, 2.75) is 32.6 Å². The second-order valence-corrected chi connectivity index (χ2v) is 6.01. The summed E-state index contributed by atoms with van der Waals surface area (Å²) in [5, 5.41) is 0.830. The van der Waals surface area contributed by atoms with E-state index < -0.39 is 6.03 Å². The fraction of sp³-hybridized carbons (Fsp3) is 0.467. The lowest BCUT2D eigenvalue weighted by Crippen LogP contribution is -2.69. The van der Waals surface area contributed by atoms with Crippen LogP contribution in [0.2, 0.25) is 0 Å². The van der Waals surface area contributed by atoms with Crippen LogP contribution in [0.1, 0.15) is 31.7 Å². The van der Waals surface area contributed by atoms with Crippen LogP contribution in [0, 0.1) is 0 Å². The number of amides is 2. The van der Waals surface area contributed by atoms with Crippen molar-refractivity contribution in [1.29, 1.82) is 0 Å². The molecule has 0 aliphatic carbocycles. The highest BCUT2D eigenvalue weighted by atomic mass is 32.2. The Hall–Kier alpha value is -1.49. The Labute approximate surface area is 124 Å². The van der Waals surface area contributed by atoms with Crippen LogP contribution in [0.3, 0.4) is 0 Å². The van der Waals surface area contributed by atoms with E-state index in [0.29, 0.717) is 6.54 Å². The van der Waals surface area contributed by atoms with Crippen molar-refractivity contribution in [1.82, 2.24) is 4.90 Å². The molecule has 0 unspecified atom stereocenters. The number of nitrogens with two attached hydrogens (primary N) is 1. The normalized spacial score (nSPS) is 16.9. The number of primary amides is 1. The first kappa shape index (κ1) is 14.9. The molecule has 1 saturated heterocycles. The number of thioether (sulfide) groups is 1. The molecule has 0 spiro atoms. The lowest BCUT2D eigenvalue weighted by atomic mass is 10.1. The molecule has 108 valence electrons. The molecular weight excluding hydrogens is 270 g/mol. The van der Waals surface area contributed by atoms with Crippen LogP contribution in [0.15, 0.2) is 24.3 Å². The van der Waals surface area contributed by atoms with Crippen LogP contribution in [0.4, 0.5) is 10.5 Å². The van der Waals surface area contributed by atoms with Gasteiger partial charge in [-0.25, -0.2) is 9.79 Å². The maximum absolute atomic E-state index is 11.3.